The number of benzene rings is 1. The van der Waals surface area contributed by atoms with Gasteiger partial charge < -0.3 is 10.2 Å². The number of nitrogens with one attached hydrogen (secondary N) is 2. The Balaban J connectivity index is 1.65. The summed E-state index contributed by atoms with van der Waals surface area (Å²) in [6, 6.07) is 6.39. The molecule has 6 heteroatoms. The fraction of sp³-hybridized carbons (Fsp3) is 0.350. The van der Waals surface area contributed by atoms with Gasteiger partial charge in [-0.15, -0.1) is 16.6 Å². The molecule has 1 aliphatic rings. The largest absolute Gasteiger partial charge is 0.365 e. The zero-order chi connectivity index (χ0) is 18.1. The Morgan fingerprint density at radius 2 is 2.23 bits per heavy atom. The smallest absolute Gasteiger partial charge is 0.149 e. The third-order valence-electron chi connectivity index (χ3n) is 4.99. The van der Waals surface area contributed by atoms with Crippen LogP contribution in [0, 0.1) is 19.3 Å². The van der Waals surface area contributed by atoms with Crippen molar-refractivity contribution in [3.05, 3.63) is 35.5 Å². The van der Waals surface area contributed by atoms with Crippen LogP contribution in [0.2, 0.25) is 0 Å². The van der Waals surface area contributed by atoms with Crippen molar-refractivity contribution in [1.82, 2.24) is 25.3 Å². The third-order valence-corrected chi connectivity index (χ3v) is 4.99. The van der Waals surface area contributed by atoms with Gasteiger partial charge in [0.05, 0.1) is 17.4 Å². The molecule has 0 spiro atoms. The van der Waals surface area contributed by atoms with Gasteiger partial charge in [0.15, 0.2) is 0 Å². The van der Waals surface area contributed by atoms with Crippen LogP contribution in [0.1, 0.15) is 24.0 Å². The zero-order valence-electron chi connectivity index (χ0n) is 15.1. The van der Waals surface area contributed by atoms with Crippen LogP contribution in [0.4, 0.5) is 5.82 Å². The Morgan fingerprint density at radius 3 is 3.00 bits per heavy atom. The SMILES string of the molecule is C#Cc1ccc(-c2nnc(NC3CCCN(C)C3)cc2C)c2[nH]ncc12. The van der Waals surface area contributed by atoms with E-state index in [-0.39, 0.29) is 0 Å². The number of hydrogen-bond acceptors (Lipinski definition) is 5. The number of piperidine rings is 1. The van der Waals surface area contributed by atoms with E-state index in [1.54, 1.807) is 6.20 Å². The molecule has 6 nitrogen and oxygen atoms in total. The van der Waals surface area contributed by atoms with Gasteiger partial charge in [0.1, 0.15) is 5.82 Å². The summed E-state index contributed by atoms with van der Waals surface area (Å²) >= 11 is 0. The van der Waals surface area contributed by atoms with Crippen molar-refractivity contribution in [2.24, 2.45) is 0 Å². The first kappa shape index (κ1) is 16.6. The van der Waals surface area contributed by atoms with E-state index in [9.17, 15) is 0 Å². The summed E-state index contributed by atoms with van der Waals surface area (Å²) in [6.07, 6.45) is 9.71. The molecule has 0 amide bonds. The molecule has 1 unspecified atom stereocenters. The number of aromatic amines is 1. The molecule has 3 aromatic rings. The minimum Gasteiger partial charge on any atom is -0.365 e. The van der Waals surface area contributed by atoms with E-state index in [1.165, 1.54) is 6.42 Å². The van der Waals surface area contributed by atoms with Crippen LogP contribution in [0.3, 0.4) is 0 Å². The van der Waals surface area contributed by atoms with Crippen molar-refractivity contribution in [1.29, 1.82) is 0 Å². The highest BCUT2D eigenvalue weighted by Crippen LogP contribution is 2.30. The second kappa shape index (κ2) is 6.77. The second-order valence-corrected chi connectivity index (χ2v) is 6.97. The molecule has 1 saturated heterocycles. The lowest BCUT2D eigenvalue weighted by molar-refractivity contribution is 0.260. The molecule has 1 fully saturated rings. The maximum atomic E-state index is 5.58. The highest BCUT2D eigenvalue weighted by atomic mass is 15.2. The van der Waals surface area contributed by atoms with Crippen molar-refractivity contribution >= 4 is 16.7 Å². The molecule has 2 N–H and O–H groups in total. The van der Waals surface area contributed by atoms with Gasteiger partial charge in [-0.2, -0.15) is 5.10 Å². The molecule has 0 radical (unpaired) electrons. The molecule has 132 valence electrons. The molecular weight excluding hydrogens is 324 g/mol. The van der Waals surface area contributed by atoms with Crippen molar-refractivity contribution < 1.29 is 0 Å². The molecule has 4 rings (SSSR count). The molecule has 0 aliphatic carbocycles. The van der Waals surface area contributed by atoms with E-state index < -0.39 is 0 Å². The summed E-state index contributed by atoms with van der Waals surface area (Å²) < 4.78 is 0. The summed E-state index contributed by atoms with van der Waals surface area (Å²) in [4.78, 5) is 2.35. The fourth-order valence-electron chi connectivity index (χ4n) is 3.67. The molecule has 26 heavy (non-hydrogen) atoms. The quantitative estimate of drug-likeness (QED) is 0.714. The number of aryl methyl sites for hydroxylation is 1. The molecule has 1 atom stereocenters. The van der Waals surface area contributed by atoms with E-state index in [2.05, 4.69) is 56.6 Å². The Bertz CT molecular complexity index is 984. The van der Waals surface area contributed by atoms with Gasteiger partial charge in [-0.25, -0.2) is 0 Å². The maximum absolute atomic E-state index is 5.58. The van der Waals surface area contributed by atoms with Gasteiger partial charge >= 0.3 is 0 Å². The van der Waals surface area contributed by atoms with Crippen LogP contribution in [0.25, 0.3) is 22.2 Å². The van der Waals surface area contributed by atoms with Gasteiger partial charge in [-0.05, 0) is 57.1 Å². The van der Waals surface area contributed by atoms with Crippen molar-refractivity contribution in [2.45, 2.75) is 25.8 Å². The lowest BCUT2D eigenvalue weighted by Gasteiger charge is -2.30. The molecule has 1 aliphatic heterocycles. The number of anilines is 1. The topological polar surface area (TPSA) is 69.7 Å². The van der Waals surface area contributed by atoms with Gasteiger partial charge in [-0.3, -0.25) is 5.10 Å². The molecular formula is C20H22N6. The van der Waals surface area contributed by atoms with Crippen LogP contribution in [0.15, 0.2) is 24.4 Å². The molecule has 3 heterocycles. The predicted octanol–water partition coefficient (Wildman–Crippen LogP) is 2.82. The number of aromatic nitrogens is 4. The average Bonchev–Trinajstić information content (AvgIpc) is 3.11. The van der Waals surface area contributed by atoms with Crippen molar-refractivity contribution in [3.8, 4) is 23.6 Å². The molecule has 2 aromatic heterocycles. The molecule has 0 saturated carbocycles. The lowest BCUT2D eigenvalue weighted by Crippen LogP contribution is -2.39. The Kier molecular flexibility index (Phi) is 4.31. The number of nitrogens with zero attached hydrogens (tertiary/aromatic N) is 4. The van der Waals surface area contributed by atoms with E-state index in [4.69, 9.17) is 6.42 Å². The first-order valence-electron chi connectivity index (χ1n) is 8.88. The standard InChI is InChI=1S/C20H22N6/c1-4-14-7-8-16(20-17(14)11-21-24-20)19-13(2)10-18(23-25-19)22-15-6-5-9-26(3)12-15/h1,7-8,10-11,15H,5-6,9,12H2,2-3H3,(H,21,24)(H,22,23). The number of rotatable bonds is 3. The summed E-state index contributed by atoms with van der Waals surface area (Å²) in [7, 11) is 2.16. The van der Waals surface area contributed by atoms with E-state index in [0.29, 0.717) is 6.04 Å². The monoisotopic (exact) mass is 346 g/mol. The van der Waals surface area contributed by atoms with Crippen LogP contribution in [-0.4, -0.2) is 51.5 Å². The van der Waals surface area contributed by atoms with Crippen LogP contribution in [-0.2, 0) is 0 Å². The summed E-state index contributed by atoms with van der Waals surface area (Å²) in [5.41, 5.74) is 4.59. The van der Waals surface area contributed by atoms with E-state index >= 15 is 0 Å². The number of terminal acetylenes is 1. The number of likely N-dealkylation sites (N-methyl/N-ethyl adjacent to an activating group) is 1. The van der Waals surface area contributed by atoms with Gasteiger partial charge in [0.25, 0.3) is 0 Å². The predicted molar refractivity (Wildman–Crippen MR) is 104 cm³/mol. The normalized spacial score (nSPS) is 18.0. The van der Waals surface area contributed by atoms with Crippen LogP contribution < -0.4 is 5.32 Å². The summed E-state index contributed by atoms with van der Waals surface area (Å²) in [5.74, 6) is 3.52. The Labute approximate surface area is 153 Å². The number of hydrogen-bond donors (Lipinski definition) is 2. The van der Waals surface area contributed by atoms with Crippen molar-refractivity contribution in [3.63, 3.8) is 0 Å². The van der Waals surface area contributed by atoms with Crippen LogP contribution in [0.5, 0.6) is 0 Å². The van der Waals surface area contributed by atoms with Crippen LogP contribution >= 0.6 is 0 Å². The summed E-state index contributed by atoms with van der Waals surface area (Å²) in [6.45, 7) is 4.25. The maximum Gasteiger partial charge on any atom is 0.149 e. The van der Waals surface area contributed by atoms with E-state index in [1.807, 2.05) is 12.1 Å². The number of H-pyrrole nitrogens is 1. The zero-order valence-corrected chi connectivity index (χ0v) is 15.1. The Hall–Kier alpha value is -2.91. The number of fused-ring (bicyclic) bond motifs is 1. The molecule has 0 bridgehead atoms. The van der Waals surface area contributed by atoms with E-state index in [0.717, 1.165) is 58.6 Å². The van der Waals surface area contributed by atoms with Gasteiger partial charge in [0, 0.05) is 29.1 Å². The Morgan fingerprint density at radius 1 is 1.35 bits per heavy atom. The van der Waals surface area contributed by atoms with Gasteiger partial charge in [-0.1, -0.05) is 5.92 Å². The third kappa shape index (κ3) is 3.02. The lowest BCUT2D eigenvalue weighted by atomic mass is 10.0. The second-order valence-electron chi connectivity index (χ2n) is 6.97. The first-order valence-corrected chi connectivity index (χ1v) is 8.88. The minimum absolute atomic E-state index is 0.419. The number of likely N-dealkylation sites (tertiary alicyclic amines) is 1. The first-order chi connectivity index (χ1) is 12.7. The minimum atomic E-state index is 0.419. The average molecular weight is 346 g/mol. The van der Waals surface area contributed by atoms with Crippen molar-refractivity contribution in [2.75, 3.05) is 25.5 Å². The molecule has 1 aromatic carbocycles. The highest BCUT2D eigenvalue weighted by Gasteiger charge is 2.18. The fourth-order valence-corrected chi connectivity index (χ4v) is 3.67. The van der Waals surface area contributed by atoms with Gasteiger partial charge in [0.2, 0.25) is 0 Å². The highest BCUT2D eigenvalue weighted by molar-refractivity contribution is 5.96. The summed E-state index contributed by atoms with van der Waals surface area (Å²) in [5, 5.41) is 20.5.